The highest BCUT2D eigenvalue weighted by molar-refractivity contribution is 5.78. The largest absolute Gasteiger partial charge is 0.342 e. The third-order valence-electron chi connectivity index (χ3n) is 4.42. The van der Waals surface area contributed by atoms with Gasteiger partial charge in [0.2, 0.25) is 5.91 Å². The van der Waals surface area contributed by atoms with Gasteiger partial charge in [-0.2, -0.15) is 0 Å². The molecular weight excluding hydrogens is 278 g/mol. The lowest BCUT2D eigenvalue weighted by atomic mass is 9.92. The third kappa shape index (κ3) is 3.35. The number of hydrogen-bond donors (Lipinski definition) is 0. The van der Waals surface area contributed by atoms with E-state index in [2.05, 4.69) is 39.2 Å². The molecule has 2 heterocycles. The molecule has 0 N–H and O–H groups in total. The first kappa shape index (κ1) is 14.8. The summed E-state index contributed by atoms with van der Waals surface area (Å²) in [5.74, 6) is 0.668. The second kappa shape index (κ2) is 6.73. The molecule has 1 saturated heterocycles. The standard InChI is InChI=1S/C17H21N3O2/c1-13-16(19-22-18-13)12-17(21)20-10-5-8-15(9-11-20)14-6-3-2-4-7-14/h2-4,6-7,15H,5,8-12H2,1H3/t15-/m0/s1. The molecule has 0 unspecified atom stereocenters. The van der Waals surface area contributed by atoms with E-state index < -0.39 is 0 Å². The van der Waals surface area contributed by atoms with Gasteiger partial charge in [-0.05, 0) is 37.7 Å². The predicted molar refractivity (Wildman–Crippen MR) is 82.4 cm³/mol. The molecule has 3 rings (SSSR count). The van der Waals surface area contributed by atoms with Crippen LogP contribution in [-0.4, -0.2) is 34.2 Å². The summed E-state index contributed by atoms with van der Waals surface area (Å²) in [6.45, 7) is 3.45. The maximum Gasteiger partial charge on any atom is 0.228 e. The SMILES string of the molecule is Cc1nonc1CC(=O)N1CCC[C@H](c2ccccc2)CC1. The zero-order valence-corrected chi connectivity index (χ0v) is 12.9. The van der Waals surface area contributed by atoms with Crippen LogP contribution in [-0.2, 0) is 11.2 Å². The van der Waals surface area contributed by atoms with Gasteiger partial charge in [-0.25, -0.2) is 4.63 Å². The first-order chi connectivity index (χ1) is 10.7. The lowest BCUT2D eigenvalue weighted by Gasteiger charge is -2.20. The fraction of sp³-hybridized carbons (Fsp3) is 0.471. The molecule has 1 amide bonds. The Balaban J connectivity index is 1.60. The van der Waals surface area contributed by atoms with Crippen LogP contribution in [0.25, 0.3) is 0 Å². The van der Waals surface area contributed by atoms with Crippen LogP contribution >= 0.6 is 0 Å². The van der Waals surface area contributed by atoms with Crippen molar-refractivity contribution < 1.29 is 9.42 Å². The first-order valence-corrected chi connectivity index (χ1v) is 7.85. The Hall–Kier alpha value is -2.17. The van der Waals surface area contributed by atoms with E-state index in [-0.39, 0.29) is 12.3 Å². The van der Waals surface area contributed by atoms with Gasteiger partial charge in [-0.1, -0.05) is 40.6 Å². The van der Waals surface area contributed by atoms with Crippen molar-refractivity contribution in [3.8, 4) is 0 Å². The van der Waals surface area contributed by atoms with Crippen LogP contribution in [0.2, 0.25) is 0 Å². The van der Waals surface area contributed by atoms with Crippen LogP contribution in [0.1, 0.15) is 42.1 Å². The molecule has 5 nitrogen and oxygen atoms in total. The molecule has 1 aliphatic heterocycles. The molecule has 1 aromatic carbocycles. The van der Waals surface area contributed by atoms with Crippen molar-refractivity contribution in [3.05, 3.63) is 47.3 Å². The predicted octanol–water partition coefficient (Wildman–Crippen LogP) is 2.72. The Bertz CT molecular complexity index is 624. The van der Waals surface area contributed by atoms with Crippen LogP contribution in [0.15, 0.2) is 35.0 Å². The number of likely N-dealkylation sites (tertiary alicyclic amines) is 1. The molecule has 2 aromatic rings. The second-order valence-electron chi connectivity index (χ2n) is 5.89. The maximum absolute atomic E-state index is 12.4. The van der Waals surface area contributed by atoms with Crippen LogP contribution in [0.4, 0.5) is 0 Å². The second-order valence-corrected chi connectivity index (χ2v) is 5.89. The fourth-order valence-electron chi connectivity index (χ4n) is 3.07. The van der Waals surface area contributed by atoms with Gasteiger partial charge < -0.3 is 4.90 Å². The number of aromatic nitrogens is 2. The van der Waals surface area contributed by atoms with Crippen molar-refractivity contribution in [2.75, 3.05) is 13.1 Å². The zero-order chi connectivity index (χ0) is 15.4. The van der Waals surface area contributed by atoms with Gasteiger partial charge in [0, 0.05) is 13.1 Å². The third-order valence-corrected chi connectivity index (χ3v) is 4.42. The van der Waals surface area contributed by atoms with E-state index in [1.165, 1.54) is 5.56 Å². The number of amides is 1. The fourth-order valence-corrected chi connectivity index (χ4v) is 3.07. The monoisotopic (exact) mass is 299 g/mol. The highest BCUT2D eigenvalue weighted by Crippen LogP contribution is 2.28. The smallest absolute Gasteiger partial charge is 0.228 e. The van der Waals surface area contributed by atoms with E-state index in [1.807, 2.05) is 17.9 Å². The topological polar surface area (TPSA) is 59.2 Å². The molecule has 0 saturated carbocycles. The lowest BCUT2D eigenvalue weighted by molar-refractivity contribution is -0.130. The minimum atomic E-state index is 0.118. The molecule has 22 heavy (non-hydrogen) atoms. The number of hydrogen-bond acceptors (Lipinski definition) is 4. The van der Waals surface area contributed by atoms with Crippen molar-refractivity contribution in [2.45, 2.75) is 38.5 Å². The Morgan fingerprint density at radius 2 is 2.05 bits per heavy atom. The summed E-state index contributed by atoms with van der Waals surface area (Å²) in [7, 11) is 0. The highest BCUT2D eigenvalue weighted by Gasteiger charge is 2.23. The summed E-state index contributed by atoms with van der Waals surface area (Å²) in [4.78, 5) is 14.4. The molecule has 0 spiro atoms. The number of benzene rings is 1. The van der Waals surface area contributed by atoms with E-state index in [0.29, 0.717) is 17.3 Å². The van der Waals surface area contributed by atoms with Gasteiger partial charge in [0.1, 0.15) is 11.4 Å². The highest BCUT2D eigenvalue weighted by atomic mass is 16.6. The summed E-state index contributed by atoms with van der Waals surface area (Å²) in [5, 5.41) is 7.53. The molecule has 1 fully saturated rings. The summed E-state index contributed by atoms with van der Waals surface area (Å²) < 4.78 is 4.66. The number of rotatable bonds is 3. The Kier molecular flexibility index (Phi) is 4.51. The van der Waals surface area contributed by atoms with Crippen LogP contribution in [0.3, 0.4) is 0 Å². The molecule has 116 valence electrons. The molecule has 1 aromatic heterocycles. The molecule has 0 radical (unpaired) electrons. The Morgan fingerprint density at radius 1 is 1.23 bits per heavy atom. The minimum absolute atomic E-state index is 0.118. The Morgan fingerprint density at radius 3 is 2.77 bits per heavy atom. The number of carbonyl (C=O) groups is 1. The van der Waals surface area contributed by atoms with Crippen molar-refractivity contribution >= 4 is 5.91 Å². The van der Waals surface area contributed by atoms with Crippen molar-refractivity contribution in [3.63, 3.8) is 0 Å². The van der Waals surface area contributed by atoms with Gasteiger partial charge >= 0.3 is 0 Å². The van der Waals surface area contributed by atoms with E-state index in [4.69, 9.17) is 0 Å². The quantitative estimate of drug-likeness (QED) is 0.874. The number of carbonyl (C=O) groups excluding carboxylic acids is 1. The summed E-state index contributed by atoms with van der Waals surface area (Å²) in [6.07, 6.45) is 3.48. The van der Waals surface area contributed by atoms with E-state index >= 15 is 0 Å². The van der Waals surface area contributed by atoms with E-state index in [0.717, 1.165) is 32.4 Å². The zero-order valence-electron chi connectivity index (χ0n) is 12.9. The minimum Gasteiger partial charge on any atom is -0.342 e. The Labute approximate surface area is 130 Å². The summed E-state index contributed by atoms with van der Waals surface area (Å²) in [6, 6.07) is 10.6. The normalized spacial score (nSPS) is 19.0. The van der Waals surface area contributed by atoms with Crippen molar-refractivity contribution in [1.82, 2.24) is 15.2 Å². The van der Waals surface area contributed by atoms with E-state index in [1.54, 1.807) is 0 Å². The average molecular weight is 299 g/mol. The average Bonchev–Trinajstić information content (AvgIpc) is 2.80. The summed E-state index contributed by atoms with van der Waals surface area (Å²) in [5.41, 5.74) is 2.73. The summed E-state index contributed by atoms with van der Waals surface area (Å²) >= 11 is 0. The van der Waals surface area contributed by atoms with Gasteiger partial charge in [0.05, 0.1) is 6.42 Å². The van der Waals surface area contributed by atoms with Gasteiger partial charge in [0.25, 0.3) is 0 Å². The number of aryl methyl sites for hydroxylation is 1. The first-order valence-electron chi connectivity index (χ1n) is 7.85. The molecular formula is C17H21N3O2. The molecule has 5 heteroatoms. The number of nitrogens with zero attached hydrogens (tertiary/aromatic N) is 3. The van der Waals surface area contributed by atoms with Crippen molar-refractivity contribution in [1.29, 1.82) is 0 Å². The lowest BCUT2D eigenvalue weighted by Crippen LogP contribution is -2.33. The van der Waals surface area contributed by atoms with Crippen LogP contribution in [0.5, 0.6) is 0 Å². The maximum atomic E-state index is 12.4. The molecule has 0 bridgehead atoms. The molecule has 1 aliphatic rings. The van der Waals surface area contributed by atoms with Crippen LogP contribution < -0.4 is 0 Å². The van der Waals surface area contributed by atoms with Gasteiger partial charge in [0.15, 0.2) is 0 Å². The van der Waals surface area contributed by atoms with Gasteiger partial charge in [-0.3, -0.25) is 4.79 Å². The molecule has 1 atom stereocenters. The van der Waals surface area contributed by atoms with Crippen LogP contribution in [0, 0.1) is 6.92 Å². The van der Waals surface area contributed by atoms with Crippen molar-refractivity contribution in [2.24, 2.45) is 0 Å². The molecule has 0 aliphatic carbocycles. The van der Waals surface area contributed by atoms with Gasteiger partial charge in [-0.15, -0.1) is 0 Å². The van der Waals surface area contributed by atoms with E-state index in [9.17, 15) is 4.79 Å².